The quantitative estimate of drug-likeness (QED) is 0.438. The number of rotatable bonds is 4. The zero-order chi connectivity index (χ0) is 10.6. The first-order valence-corrected chi connectivity index (χ1v) is 5.12. The number of ether oxygens (including phenoxy) is 1. The molecule has 0 atom stereocenters. The van der Waals surface area contributed by atoms with Crippen molar-refractivity contribution in [1.82, 2.24) is 0 Å². The first kappa shape index (κ1) is 10.8. The Morgan fingerprint density at radius 1 is 1.57 bits per heavy atom. The molecule has 14 heavy (non-hydrogen) atoms. The van der Waals surface area contributed by atoms with Gasteiger partial charge in [-0.05, 0) is 11.8 Å². The number of nitro benzene ring substituents is 1. The maximum Gasteiger partial charge on any atom is 0.310 e. The lowest BCUT2D eigenvalue weighted by molar-refractivity contribution is -0.385. The third kappa shape index (κ3) is 2.38. The number of benzene rings is 1. The van der Waals surface area contributed by atoms with E-state index >= 15 is 0 Å². The van der Waals surface area contributed by atoms with E-state index in [9.17, 15) is 10.1 Å². The maximum atomic E-state index is 10.6. The summed E-state index contributed by atoms with van der Waals surface area (Å²) in [6.07, 6.45) is 0. The predicted octanol–water partition coefficient (Wildman–Crippen LogP) is 2.72. The summed E-state index contributed by atoms with van der Waals surface area (Å²) in [5.41, 5.74) is 0.00736. The molecule has 0 N–H and O–H groups in total. The molecule has 0 saturated carbocycles. The highest BCUT2D eigenvalue weighted by molar-refractivity contribution is 7.99. The lowest BCUT2D eigenvalue weighted by atomic mass is 10.3. The molecule has 0 aliphatic heterocycles. The topological polar surface area (TPSA) is 52.4 Å². The van der Waals surface area contributed by atoms with Crippen LogP contribution in [-0.2, 0) is 0 Å². The lowest BCUT2D eigenvalue weighted by Gasteiger charge is -2.03. The van der Waals surface area contributed by atoms with E-state index in [-0.39, 0.29) is 5.69 Å². The number of methoxy groups -OCH3 is 1. The van der Waals surface area contributed by atoms with Gasteiger partial charge in [-0.25, -0.2) is 0 Å². The van der Waals surface area contributed by atoms with Crippen molar-refractivity contribution in [2.75, 3.05) is 12.9 Å². The van der Waals surface area contributed by atoms with E-state index in [0.717, 1.165) is 10.6 Å². The van der Waals surface area contributed by atoms with Crippen LogP contribution in [-0.4, -0.2) is 17.8 Å². The van der Waals surface area contributed by atoms with E-state index in [1.807, 2.05) is 6.92 Å². The highest BCUT2D eigenvalue weighted by Gasteiger charge is 2.14. The van der Waals surface area contributed by atoms with Crippen LogP contribution in [0.3, 0.4) is 0 Å². The van der Waals surface area contributed by atoms with Crippen molar-refractivity contribution in [2.45, 2.75) is 11.8 Å². The molecule has 0 unspecified atom stereocenters. The molecule has 0 spiro atoms. The van der Waals surface area contributed by atoms with Crippen LogP contribution in [0.2, 0.25) is 0 Å². The Labute approximate surface area is 86.4 Å². The number of nitrogens with zero attached hydrogens (tertiary/aromatic N) is 1. The van der Waals surface area contributed by atoms with E-state index in [1.165, 1.54) is 13.2 Å². The van der Waals surface area contributed by atoms with E-state index in [2.05, 4.69) is 0 Å². The number of hydrogen-bond acceptors (Lipinski definition) is 4. The Balaban J connectivity index is 3.05. The summed E-state index contributed by atoms with van der Waals surface area (Å²) in [4.78, 5) is 11.1. The highest BCUT2D eigenvalue weighted by Crippen LogP contribution is 2.31. The van der Waals surface area contributed by atoms with Gasteiger partial charge >= 0.3 is 5.69 Å². The van der Waals surface area contributed by atoms with Crippen molar-refractivity contribution in [3.8, 4) is 5.75 Å². The predicted molar refractivity (Wildman–Crippen MR) is 56.0 cm³/mol. The Morgan fingerprint density at radius 3 is 2.79 bits per heavy atom. The summed E-state index contributed by atoms with van der Waals surface area (Å²) in [5, 5.41) is 10.6. The van der Waals surface area contributed by atoms with Crippen LogP contribution in [0.15, 0.2) is 23.1 Å². The molecule has 0 aliphatic rings. The second-order valence-electron chi connectivity index (χ2n) is 2.52. The minimum absolute atomic E-state index is 0.00736. The normalized spacial score (nSPS) is 9.86. The fourth-order valence-electron chi connectivity index (χ4n) is 1.07. The third-order valence-electron chi connectivity index (χ3n) is 1.66. The Kier molecular flexibility index (Phi) is 3.76. The summed E-state index contributed by atoms with van der Waals surface area (Å²) in [5.74, 6) is 1.24. The molecule has 0 aliphatic carbocycles. The molecule has 0 saturated heterocycles. The average Bonchev–Trinajstić information content (AvgIpc) is 2.17. The molecule has 0 aromatic heterocycles. The van der Waals surface area contributed by atoms with Crippen molar-refractivity contribution in [3.05, 3.63) is 28.3 Å². The minimum atomic E-state index is -0.445. The van der Waals surface area contributed by atoms with Gasteiger partial charge in [0.15, 0.2) is 5.75 Å². The van der Waals surface area contributed by atoms with Crippen LogP contribution in [0.5, 0.6) is 5.75 Å². The largest absolute Gasteiger partial charge is 0.490 e. The van der Waals surface area contributed by atoms with Crippen molar-refractivity contribution < 1.29 is 9.66 Å². The zero-order valence-electron chi connectivity index (χ0n) is 8.02. The molecule has 1 rings (SSSR count). The van der Waals surface area contributed by atoms with E-state index in [4.69, 9.17) is 4.74 Å². The summed E-state index contributed by atoms with van der Waals surface area (Å²) in [6, 6.07) is 4.89. The van der Waals surface area contributed by atoms with Crippen LogP contribution in [0, 0.1) is 10.1 Å². The molecule has 0 amide bonds. The van der Waals surface area contributed by atoms with Crippen molar-refractivity contribution in [2.24, 2.45) is 0 Å². The van der Waals surface area contributed by atoms with Gasteiger partial charge in [0.25, 0.3) is 0 Å². The van der Waals surface area contributed by atoms with Gasteiger partial charge in [0.1, 0.15) is 0 Å². The second kappa shape index (κ2) is 4.85. The smallest absolute Gasteiger partial charge is 0.310 e. The van der Waals surface area contributed by atoms with Crippen molar-refractivity contribution >= 4 is 17.4 Å². The van der Waals surface area contributed by atoms with Gasteiger partial charge in [0.05, 0.1) is 12.0 Å². The molecular formula is C9H11NO3S. The maximum absolute atomic E-state index is 10.6. The number of hydrogen-bond donors (Lipinski definition) is 0. The van der Waals surface area contributed by atoms with Gasteiger partial charge < -0.3 is 4.74 Å². The molecule has 0 heterocycles. The van der Waals surface area contributed by atoms with E-state index in [1.54, 1.807) is 23.9 Å². The zero-order valence-corrected chi connectivity index (χ0v) is 8.84. The van der Waals surface area contributed by atoms with Gasteiger partial charge in [-0.1, -0.05) is 6.92 Å². The second-order valence-corrected chi connectivity index (χ2v) is 3.86. The molecule has 76 valence electrons. The van der Waals surface area contributed by atoms with Gasteiger partial charge in [-0.3, -0.25) is 10.1 Å². The van der Waals surface area contributed by atoms with E-state index < -0.39 is 4.92 Å². The molecule has 0 fully saturated rings. The van der Waals surface area contributed by atoms with Gasteiger partial charge in [-0.2, -0.15) is 0 Å². The van der Waals surface area contributed by atoms with Crippen LogP contribution in [0.4, 0.5) is 5.69 Å². The molecule has 4 nitrogen and oxygen atoms in total. The van der Waals surface area contributed by atoms with Crippen LogP contribution < -0.4 is 4.74 Å². The van der Waals surface area contributed by atoms with Crippen LogP contribution >= 0.6 is 11.8 Å². The highest BCUT2D eigenvalue weighted by atomic mass is 32.2. The summed E-state index contributed by atoms with van der Waals surface area (Å²) >= 11 is 1.62. The number of thioether (sulfide) groups is 1. The molecule has 5 heteroatoms. The van der Waals surface area contributed by atoms with E-state index in [0.29, 0.717) is 5.75 Å². The lowest BCUT2D eigenvalue weighted by Crippen LogP contribution is -1.93. The summed E-state index contributed by atoms with van der Waals surface area (Å²) < 4.78 is 4.94. The van der Waals surface area contributed by atoms with Crippen molar-refractivity contribution in [3.63, 3.8) is 0 Å². The van der Waals surface area contributed by atoms with Crippen LogP contribution in [0.1, 0.15) is 6.92 Å². The molecule has 0 bridgehead atoms. The Morgan fingerprint density at radius 2 is 2.29 bits per heavy atom. The first-order valence-electron chi connectivity index (χ1n) is 4.14. The SMILES string of the molecule is CCSc1ccc([N+](=O)[O-])c(OC)c1. The molecular weight excluding hydrogens is 202 g/mol. The number of nitro groups is 1. The summed E-state index contributed by atoms with van der Waals surface area (Å²) in [6.45, 7) is 2.03. The summed E-state index contributed by atoms with van der Waals surface area (Å²) in [7, 11) is 1.43. The van der Waals surface area contributed by atoms with Crippen molar-refractivity contribution in [1.29, 1.82) is 0 Å². The first-order chi connectivity index (χ1) is 6.69. The fraction of sp³-hybridized carbons (Fsp3) is 0.333. The Hall–Kier alpha value is -1.23. The average molecular weight is 213 g/mol. The van der Waals surface area contributed by atoms with Gasteiger partial charge in [-0.15, -0.1) is 11.8 Å². The fourth-order valence-corrected chi connectivity index (χ4v) is 1.75. The monoisotopic (exact) mass is 213 g/mol. The minimum Gasteiger partial charge on any atom is -0.490 e. The van der Waals surface area contributed by atoms with Crippen LogP contribution in [0.25, 0.3) is 0 Å². The molecule has 1 aromatic rings. The molecule has 0 radical (unpaired) electrons. The Bertz CT molecular complexity index is 341. The standard InChI is InChI=1S/C9H11NO3S/c1-3-14-7-4-5-8(10(11)12)9(6-7)13-2/h4-6H,3H2,1-2H3. The molecule has 1 aromatic carbocycles. The van der Waals surface area contributed by atoms with Gasteiger partial charge in [0.2, 0.25) is 0 Å². The third-order valence-corrected chi connectivity index (χ3v) is 2.53. The van der Waals surface area contributed by atoms with Gasteiger partial charge in [0, 0.05) is 17.0 Å².